The maximum atomic E-state index is 11.0. The molecule has 3 rings (SSSR count). The molecule has 0 aliphatic rings. The van der Waals surface area contributed by atoms with Gasteiger partial charge in [0.15, 0.2) is 0 Å². The van der Waals surface area contributed by atoms with E-state index in [1.807, 2.05) is 36.4 Å². The number of benzene rings is 3. The third-order valence-corrected chi connectivity index (χ3v) is 6.63. The maximum absolute atomic E-state index is 11.0. The van der Waals surface area contributed by atoms with Gasteiger partial charge in [-0.25, -0.2) is 0 Å². The van der Waals surface area contributed by atoms with Gasteiger partial charge in [-0.1, -0.05) is 0 Å². The van der Waals surface area contributed by atoms with Gasteiger partial charge in [0.2, 0.25) is 0 Å². The topological polar surface area (TPSA) is 60.7 Å². The van der Waals surface area contributed by atoms with Crippen LogP contribution in [-0.4, -0.2) is 14.7 Å². The Morgan fingerprint density at radius 2 is 1.22 bits per heavy atom. The second-order valence-electron chi connectivity index (χ2n) is 5.65. The minimum atomic E-state index is -5.22. The van der Waals surface area contributed by atoms with Gasteiger partial charge in [0.05, 0.1) is 0 Å². The SMILES string of the molecule is Cc1cccc(-c2ccccc2)c1P(O)(O)(O)c1ccccc1. The summed E-state index contributed by atoms with van der Waals surface area (Å²) >= 11 is 0. The van der Waals surface area contributed by atoms with Crippen LogP contribution in [0.25, 0.3) is 11.1 Å². The van der Waals surface area contributed by atoms with Gasteiger partial charge in [-0.05, 0) is 0 Å². The molecule has 3 aromatic carbocycles. The predicted octanol–water partition coefficient (Wildman–Crippen LogP) is 2.89. The quantitative estimate of drug-likeness (QED) is 0.649. The molecule has 3 nitrogen and oxygen atoms in total. The van der Waals surface area contributed by atoms with Gasteiger partial charge in [-0.15, -0.1) is 0 Å². The third-order valence-electron chi connectivity index (χ3n) is 3.97. The van der Waals surface area contributed by atoms with Crippen molar-refractivity contribution in [2.24, 2.45) is 0 Å². The van der Waals surface area contributed by atoms with E-state index < -0.39 is 7.28 Å². The van der Waals surface area contributed by atoms with Crippen LogP contribution in [0.4, 0.5) is 0 Å². The average Bonchev–Trinajstić information content (AvgIpc) is 2.55. The molecule has 118 valence electrons. The first-order valence-corrected chi connectivity index (χ1v) is 9.46. The van der Waals surface area contributed by atoms with Gasteiger partial charge in [-0.2, -0.15) is 0 Å². The normalized spacial score (nSPS) is 13.3. The third kappa shape index (κ3) is 2.80. The van der Waals surface area contributed by atoms with Crippen LogP contribution >= 0.6 is 7.28 Å². The Labute approximate surface area is 135 Å². The van der Waals surface area contributed by atoms with Crippen LogP contribution in [0.15, 0.2) is 78.9 Å². The van der Waals surface area contributed by atoms with Crippen LogP contribution in [0.5, 0.6) is 0 Å². The fourth-order valence-corrected chi connectivity index (χ4v) is 5.24. The molecule has 3 aromatic rings. The van der Waals surface area contributed by atoms with Crippen molar-refractivity contribution < 1.29 is 14.7 Å². The molecule has 3 N–H and O–H groups in total. The van der Waals surface area contributed by atoms with Crippen molar-refractivity contribution in [1.29, 1.82) is 0 Å². The first-order chi connectivity index (χ1) is 10.9. The average molecular weight is 326 g/mol. The fraction of sp³-hybridized carbons (Fsp3) is 0.0526. The summed E-state index contributed by atoms with van der Waals surface area (Å²) in [5.41, 5.74) is 2.09. The summed E-state index contributed by atoms with van der Waals surface area (Å²) in [6, 6.07) is 23.1. The summed E-state index contributed by atoms with van der Waals surface area (Å²) < 4.78 is 0. The van der Waals surface area contributed by atoms with Crippen molar-refractivity contribution >= 4 is 17.9 Å². The zero-order valence-corrected chi connectivity index (χ0v) is 13.7. The summed E-state index contributed by atoms with van der Waals surface area (Å²) in [6.07, 6.45) is 0. The van der Waals surface area contributed by atoms with Gasteiger partial charge in [-0.3, -0.25) is 0 Å². The molecule has 0 amide bonds. The van der Waals surface area contributed by atoms with E-state index >= 15 is 0 Å². The van der Waals surface area contributed by atoms with Crippen molar-refractivity contribution in [2.75, 3.05) is 0 Å². The first kappa shape index (κ1) is 15.9. The zero-order chi connectivity index (χ0) is 16.5. The summed E-state index contributed by atoms with van der Waals surface area (Å²) in [4.78, 5) is 33.0. The van der Waals surface area contributed by atoms with E-state index in [1.54, 1.807) is 49.4 Å². The van der Waals surface area contributed by atoms with Crippen molar-refractivity contribution in [3.05, 3.63) is 84.4 Å². The Hall–Kier alpha value is -2.03. The van der Waals surface area contributed by atoms with E-state index in [0.717, 1.165) is 5.56 Å². The predicted molar refractivity (Wildman–Crippen MR) is 95.9 cm³/mol. The molecule has 0 unspecified atom stereocenters. The monoisotopic (exact) mass is 326 g/mol. The van der Waals surface area contributed by atoms with Crippen LogP contribution in [0.2, 0.25) is 0 Å². The summed E-state index contributed by atoms with van der Waals surface area (Å²) in [5, 5.41) is 0.320. The Morgan fingerprint density at radius 3 is 1.83 bits per heavy atom. The van der Waals surface area contributed by atoms with Crippen LogP contribution in [-0.2, 0) is 0 Å². The molecule has 0 saturated heterocycles. The molecular formula is C19H19O3P. The zero-order valence-electron chi connectivity index (χ0n) is 12.8. The Kier molecular flexibility index (Phi) is 3.83. The van der Waals surface area contributed by atoms with Crippen molar-refractivity contribution in [2.45, 2.75) is 6.92 Å². The van der Waals surface area contributed by atoms with E-state index in [9.17, 15) is 14.7 Å². The second kappa shape index (κ2) is 5.55. The molecule has 0 atom stereocenters. The molecule has 4 heteroatoms. The van der Waals surface area contributed by atoms with E-state index in [-0.39, 0.29) is 10.6 Å². The van der Waals surface area contributed by atoms with E-state index in [0.29, 0.717) is 11.1 Å². The van der Waals surface area contributed by atoms with Crippen LogP contribution in [0.1, 0.15) is 5.56 Å². The van der Waals surface area contributed by atoms with Crippen molar-refractivity contribution in [1.82, 2.24) is 0 Å². The number of hydrogen-bond donors (Lipinski definition) is 3. The van der Waals surface area contributed by atoms with Crippen LogP contribution < -0.4 is 10.6 Å². The Bertz CT molecular complexity index is 821. The molecule has 0 heterocycles. The molecular weight excluding hydrogens is 307 g/mol. The first-order valence-electron chi connectivity index (χ1n) is 7.36. The van der Waals surface area contributed by atoms with Gasteiger partial charge in [0, 0.05) is 0 Å². The molecule has 0 aromatic heterocycles. The molecule has 23 heavy (non-hydrogen) atoms. The molecule has 0 spiro atoms. The summed E-state index contributed by atoms with van der Waals surface area (Å²) in [7, 11) is -5.22. The van der Waals surface area contributed by atoms with E-state index in [4.69, 9.17) is 0 Å². The molecule has 0 fully saturated rings. The number of rotatable bonds is 3. The second-order valence-corrected chi connectivity index (χ2v) is 8.58. The van der Waals surface area contributed by atoms with Gasteiger partial charge >= 0.3 is 135 Å². The standard InChI is InChI=1S/C19H19O3P/c1-15-9-8-14-18(16-10-4-2-5-11-16)19(15)23(20,21,22)17-12-6-3-7-13-17/h2-14,20-22H,1H3. The molecule has 0 saturated carbocycles. The van der Waals surface area contributed by atoms with Gasteiger partial charge in [0.1, 0.15) is 0 Å². The molecule has 0 aliphatic carbocycles. The number of aryl methyl sites for hydroxylation is 1. The van der Waals surface area contributed by atoms with Gasteiger partial charge in [0.25, 0.3) is 0 Å². The van der Waals surface area contributed by atoms with E-state index in [1.165, 1.54) is 0 Å². The van der Waals surface area contributed by atoms with Crippen molar-refractivity contribution in [3.8, 4) is 11.1 Å². The molecule has 0 bridgehead atoms. The van der Waals surface area contributed by atoms with Crippen LogP contribution in [0, 0.1) is 6.92 Å². The van der Waals surface area contributed by atoms with E-state index in [2.05, 4.69) is 0 Å². The summed E-state index contributed by atoms with van der Waals surface area (Å²) in [5.74, 6) is 0. The Balaban J connectivity index is 2.32. The fourth-order valence-electron chi connectivity index (χ4n) is 2.89. The molecule has 0 aliphatic heterocycles. The summed E-state index contributed by atoms with van der Waals surface area (Å²) in [6.45, 7) is 1.77. The number of hydrogen-bond acceptors (Lipinski definition) is 3. The van der Waals surface area contributed by atoms with Crippen LogP contribution in [0.3, 0.4) is 0 Å². The minimum absolute atomic E-state index is 0.130. The van der Waals surface area contributed by atoms with Gasteiger partial charge < -0.3 is 0 Å². The molecule has 0 radical (unpaired) electrons. The Morgan fingerprint density at radius 1 is 0.652 bits per heavy atom. The van der Waals surface area contributed by atoms with Crippen molar-refractivity contribution in [3.63, 3.8) is 0 Å².